The molecular weight excluding hydrogens is 663 g/mol. The predicted octanol–water partition coefficient (Wildman–Crippen LogP) is 12.7. The highest BCUT2D eigenvalue weighted by Gasteiger charge is 2.51. The monoisotopic (exact) mass is 691 g/mol. The van der Waals surface area contributed by atoms with E-state index in [1.54, 1.807) is 0 Å². The van der Waals surface area contributed by atoms with Crippen LogP contribution in [0.3, 0.4) is 0 Å². The van der Waals surface area contributed by atoms with E-state index in [4.69, 9.17) is 8.83 Å². The Labute approximate surface area is 309 Å². The summed E-state index contributed by atoms with van der Waals surface area (Å²) in [4.78, 5) is 15.9. The van der Waals surface area contributed by atoms with Crippen LogP contribution >= 0.6 is 0 Å². The molecule has 0 unspecified atom stereocenters. The Balaban J connectivity index is 1.10. The van der Waals surface area contributed by atoms with E-state index < -0.39 is 5.41 Å². The number of rotatable bonds is 2. The van der Waals surface area contributed by atoms with Crippen LogP contribution in [-0.2, 0) is 5.41 Å². The number of hydrogen-bond donors (Lipinski definition) is 0. The zero-order chi connectivity index (χ0) is 35.5. The van der Waals surface area contributed by atoms with E-state index in [9.17, 15) is 4.79 Å². The maximum absolute atomic E-state index is 13.5. The van der Waals surface area contributed by atoms with Crippen LogP contribution in [0, 0.1) is 0 Å². The average molecular weight is 692 g/mol. The second-order valence-electron chi connectivity index (χ2n) is 14.3. The molecule has 0 saturated heterocycles. The summed E-state index contributed by atoms with van der Waals surface area (Å²) >= 11 is 0. The van der Waals surface area contributed by atoms with Gasteiger partial charge in [0.05, 0.1) is 27.6 Å². The van der Waals surface area contributed by atoms with Crippen LogP contribution < -0.4 is 10.3 Å². The molecule has 0 atom stereocenters. The van der Waals surface area contributed by atoms with Crippen LogP contribution in [0.15, 0.2) is 190 Å². The molecule has 1 aliphatic heterocycles. The minimum absolute atomic E-state index is 0.0206. The van der Waals surface area contributed by atoms with E-state index in [1.807, 2.05) is 48.5 Å². The number of anilines is 3. The lowest BCUT2D eigenvalue weighted by Gasteiger charge is -2.45. The number of furan rings is 1. The second kappa shape index (κ2) is 10.7. The first-order chi connectivity index (χ1) is 26.7. The van der Waals surface area contributed by atoms with E-state index in [0.717, 1.165) is 50.1 Å². The molecule has 252 valence electrons. The lowest BCUT2D eigenvalue weighted by Crippen LogP contribution is -2.36. The largest absolute Gasteiger partial charge is 0.456 e. The van der Waals surface area contributed by atoms with E-state index >= 15 is 0 Å². The highest BCUT2D eigenvalue weighted by atomic mass is 16.3. The van der Waals surface area contributed by atoms with Crippen LogP contribution in [0.5, 0.6) is 0 Å². The molecule has 1 aliphatic carbocycles. The van der Waals surface area contributed by atoms with Crippen molar-refractivity contribution in [2.24, 2.45) is 0 Å². The minimum Gasteiger partial charge on any atom is -0.456 e. The summed E-state index contributed by atoms with van der Waals surface area (Å²) in [6.45, 7) is 0. The fourth-order valence-corrected chi connectivity index (χ4v) is 9.39. The van der Waals surface area contributed by atoms with Crippen molar-refractivity contribution in [2.75, 3.05) is 4.90 Å². The van der Waals surface area contributed by atoms with Gasteiger partial charge >= 0.3 is 0 Å². The molecule has 4 heteroatoms. The molecule has 10 aromatic rings. The van der Waals surface area contributed by atoms with Crippen LogP contribution in [0.25, 0.3) is 66.1 Å². The van der Waals surface area contributed by atoms with Gasteiger partial charge in [-0.3, -0.25) is 4.79 Å². The zero-order valence-corrected chi connectivity index (χ0v) is 28.9. The SMILES string of the molecule is O=c1c2ccccc2oc2ccc(-c3ccc(N4c5ccccc5C5(c6ccccc6-c6ccccc65)c5cc6c(cc54)oc4ccccc46)cc3)cc12. The van der Waals surface area contributed by atoms with Crippen molar-refractivity contribution in [3.63, 3.8) is 0 Å². The maximum Gasteiger partial charge on any atom is 0.200 e. The lowest BCUT2D eigenvalue weighted by molar-refractivity contribution is 0.660. The van der Waals surface area contributed by atoms with Gasteiger partial charge < -0.3 is 13.7 Å². The second-order valence-corrected chi connectivity index (χ2v) is 14.3. The summed E-state index contributed by atoms with van der Waals surface area (Å²) in [7, 11) is 0. The number of benzene rings is 8. The van der Waals surface area contributed by atoms with Crippen molar-refractivity contribution in [3.05, 3.63) is 208 Å². The van der Waals surface area contributed by atoms with Crippen LogP contribution in [0.4, 0.5) is 17.1 Å². The summed E-state index contributed by atoms with van der Waals surface area (Å²) in [6, 6.07) is 61.5. The molecule has 2 aromatic heterocycles. The third-order valence-electron chi connectivity index (χ3n) is 11.7. The Kier molecular flexibility index (Phi) is 5.82. The zero-order valence-electron chi connectivity index (χ0n) is 28.9. The van der Waals surface area contributed by atoms with Crippen molar-refractivity contribution >= 4 is 60.9 Å². The molecule has 0 amide bonds. The number of para-hydroxylation sites is 3. The average Bonchev–Trinajstić information content (AvgIpc) is 3.74. The summed E-state index contributed by atoms with van der Waals surface area (Å²) in [5, 5.41) is 3.38. The smallest absolute Gasteiger partial charge is 0.200 e. The molecule has 2 aliphatic rings. The predicted molar refractivity (Wildman–Crippen MR) is 218 cm³/mol. The van der Waals surface area contributed by atoms with Crippen LogP contribution in [0.2, 0.25) is 0 Å². The van der Waals surface area contributed by atoms with Gasteiger partial charge in [-0.15, -0.1) is 0 Å². The maximum atomic E-state index is 13.5. The molecule has 8 aromatic carbocycles. The first kappa shape index (κ1) is 29.4. The molecule has 12 rings (SSSR count). The van der Waals surface area contributed by atoms with Crippen molar-refractivity contribution in [1.82, 2.24) is 0 Å². The molecule has 0 radical (unpaired) electrons. The highest BCUT2D eigenvalue weighted by Crippen LogP contribution is 2.64. The number of fused-ring (bicyclic) bond motifs is 14. The third kappa shape index (κ3) is 3.79. The fraction of sp³-hybridized carbons (Fsp3) is 0.0200. The first-order valence-electron chi connectivity index (χ1n) is 18.3. The number of hydrogen-bond acceptors (Lipinski definition) is 4. The summed E-state index contributed by atoms with van der Waals surface area (Å²) in [6.07, 6.45) is 0. The van der Waals surface area contributed by atoms with Crippen molar-refractivity contribution < 1.29 is 8.83 Å². The Hall–Kier alpha value is -7.17. The lowest BCUT2D eigenvalue weighted by atomic mass is 9.64. The van der Waals surface area contributed by atoms with Gasteiger partial charge in [0.25, 0.3) is 0 Å². The van der Waals surface area contributed by atoms with Gasteiger partial charge in [-0.1, -0.05) is 115 Å². The van der Waals surface area contributed by atoms with Crippen LogP contribution in [-0.4, -0.2) is 0 Å². The summed E-state index contributed by atoms with van der Waals surface area (Å²) in [5.41, 5.74) is 15.1. The van der Waals surface area contributed by atoms with Gasteiger partial charge in [-0.2, -0.15) is 0 Å². The van der Waals surface area contributed by atoms with Gasteiger partial charge in [-0.05, 0) is 99.1 Å². The quantitative estimate of drug-likeness (QED) is 0.169. The molecular formula is C50H29NO3. The number of nitrogens with zero attached hydrogens (tertiary/aromatic N) is 1. The molecule has 0 saturated carbocycles. The van der Waals surface area contributed by atoms with E-state index in [2.05, 4.69) is 132 Å². The normalized spacial score (nSPS) is 13.7. The minimum atomic E-state index is -0.543. The van der Waals surface area contributed by atoms with Crippen molar-refractivity contribution in [3.8, 4) is 22.3 Å². The van der Waals surface area contributed by atoms with Gasteiger partial charge in [0, 0.05) is 22.5 Å². The summed E-state index contributed by atoms with van der Waals surface area (Å²) < 4.78 is 12.7. The topological polar surface area (TPSA) is 46.6 Å². The molecule has 3 heterocycles. The van der Waals surface area contributed by atoms with Gasteiger partial charge in [0.2, 0.25) is 5.43 Å². The van der Waals surface area contributed by atoms with Crippen molar-refractivity contribution in [1.29, 1.82) is 0 Å². The standard InChI is InChI=1S/C50H29NO3/c52-49-36-14-4-10-20-46(36)53-47-26-23-31(27-38(47)49)30-21-24-32(25-22-30)51-43-18-8-7-17-41(43)50(39-15-5-1-11-33(39)34-12-2-6-16-40(34)50)42-28-37-35-13-3-9-19-45(35)54-48(37)29-44(42)51/h1-29H. The highest BCUT2D eigenvalue weighted by molar-refractivity contribution is 6.09. The Morgan fingerprint density at radius 1 is 0.389 bits per heavy atom. The van der Waals surface area contributed by atoms with Crippen molar-refractivity contribution in [2.45, 2.75) is 5.41 Å². The first-order valence-corrected chi connectivity index (χ1v) is 18.3. The third-order valence-corrected chi connectivity index (χ3v) is 11.7. The molecule has 1 spiro atoms. The molecule has 0 bridgehead atoms. The van der Waals surface area contributed by atoms with Gasteiger partial charge in [0.15, 0.2) is 0 Å². The van der Waals surface area contributed by atoms with Gasteiger partial charge in [-0.25, -0.2) is 0 Å². The van der Waals surface area contributed by atoms with E-state index in [1.165, 1.54) is 33.4 Å². The molecule has 0 fully saturated rings. The Morgan fingerprint density at radius 3 is 1.72 bits per heavy atom. The van der Waals surface area contributed by atoms with Crippen LogP contribution in [0.1, 0.15) is 22.3 Å². The van der Waals surface area contributed by atoms with E-state index in [-0.39, 0.29) is 5.43 Å². The Bertz CT molecular complexity index is 3210. The van der Waals surface area contributed by atoms with Gasteiger partial charge in [0.1, 0.15) is 22.3 Å². The molecule has 54 heavy (non-hydrogen) atoms. The Morgan fingerprint density at radius 2 is 0.963 bits per heavy atom. The molecule has 0 N–H and O–H groups in total. The fourth-order valence-electron chi connectivity index (χ4n) is 9.39. The summed E-state index contributed by atoms with van der Waals surface area (Å²) in [5.74, 6) is 0. The van der Waals surface area contributed by atoms with E-state index in [0.29, 0.717) is 21.9 Å². The molecule has 4 nitrogen and oxygen atoms in total.